The Morgan fingerprint density at radius 2 is 1.62 bits per heavy atom. The molecule has 7 atom stereocenters. The summed E-state index contributed by atoms with van der Waals surface area (Å²) >= 11 is 0. The van der Waals surface area contributed by atoms with Crippen LogP contribution in [-0.4, -0.2) is 24.1 Å². The molecule has 0 aromatic heterocycles. The predicted molar refractivity (Wildman–Crippen MR) is 152 cm³/mol. The number of ketones is 2. The van der Waals surface area contributed by atoms with E-state index in [1.54, 1.807) is 6.92 Å². The highest BCUT2D eigenvalue weighted by Crippen LogP contribution is 2.72. The van der Waals surface area contributed by atoms with Gasteiger partial charge in [0, 0.05) is 24.2 Å². The van der Waals surface area contributed by atoms with Crippen LogP contribution in [0.25, 0.3) is 0 Å². The maximum Gasteiger partial charge on any atom is 0.302 e. The molecule has 5 heteroatoms. The molecule has 3 unspecified atom stereocenters. The number of ether oxygens (including phenoxy) is 1. The fourth-order valence-corrected chi connectivity index (χ4v) is 10.2. The van der Waals surface area contributed by atoms with Crippen LogP contribution in [0.15, 0.2) is 11.6 Å². The third kappa shape index (κ3) is 4.72. The third-order valence-corrected chi connectivity index (χ3v) is 12.8. The summed E-state index contributed by atoms with van der Waals surface area (Å²) in [6, 6.07) is 2.22. The molecule has 4 rings (SSSR count). The summed E-state index contributed by atoms with van der Waals surface area (Å²) in [5.41, 5.74) is -0.643. The quantitative estimate of drug-likeness (QED) is 0.337. The summed E-state index contributed by atoms with van der Waals surface area (Å²) in [6.07, 6.45) is 10.8. The summed E-state index contributed by atoms with van der Waals surface area (Å²) in [4.78, 5) is 38.0. The molecule has 0 aromatic carbocycles. The molecule has 0 aliphatic heterocycles. The van der Waals surface area contributed by atoms with Gasteiger partial charge in [0.15, 0.2) is 5.78 Å². The Morgan fingerprint density at radius 1 is 0.974 bits per heavy atom. The van der Waals surface area contributed by atoms with Crippen LogP contribution in [0.4, 0.5) is 0 Å². The van der Waals surface area contributed by atoms with Gasteiger partial charge in [-0.2, -0.15) is 5.26 Å². The van der Waals surface area contributed by atoms with Gasteiger partial charge in [0.05, 0.1) is 12.2 Å². The monoisotopic (exact) mass is 537 g/mol. The molecule has 0 aromatic rings. The maximum atomic E-state index is 13.3. The van der Waals surface area contributed by atoms with Gasteiger partial charge in [0.25, 0.3) is 0 Å². The van der Waals surface area contributed by atoms with Crippen molar-refractivity contribution in [1.82, 2.24) is 0 Å². The normalized spacial score (nSPS) is 42.8. The van der Waals surface area contributed by atoms with Crippen LogP contribution >= 0.6 is 0 Å². The topological polar surface area (TPSA) is 84.2 Å². The van der Waals surface area contributed by atoms with Crippen LogP contribution in [0, 0.1) is 61.6 Å². The first-order valence-electron chi connectivity index (χ1n) is 15.2. The Kier molecular flexibility index (Phi) is 7.35. The zero-order valence-corrected chi connectivity index (χ0v) is 26.0. The fraction of sp³-hybridized carbons (Fsp3) is 0.824. The van der Waals surface area contributed by atoms with Crippen LogP contribution in [-0.2, 0) is 19.1 Å². The SMILES string of the molecule is CC(=O)CC1[C@@]2(C)C=C(C#N)C(=O)C(C)(C)C2CC[C@@]1(C)[C@]1(C)CC[C@@]2(COC(C)=O)CCC(C)(C)CC2C1. The number of nitrogens with zero attached hydrogens (tertiary/aromatic N) is 1. The van der Waals surface area contributed by atoms with E-state index in [0.717, 1.165) is 51.4 Å². The number of fused-ring (bicyclic) bond motifs is 2. The lowest BCUT2D eigenvalue weighted by atomic mass is 9.36. The molecule has 4 aliphatic carbocycles. The minimum Gasteiger partial charge on any atom is -0.465 e. The first-order chi connectivity index (χ1) is 17.9. The highest BCUT2D eigenvalue weighted by molar-refractivity contribution is 6.04. The average Bonchev–Trinajstić information content (AvgIpc) is 2.82. The predicted octanol–water partition coefficient (Wildman–Crippen LogP) is 7.63. The number of esters is 1. The number of rotatable bonds is 5. The van der Waals surface area contributed by atoms with E-state index in [0.29, 0.717) is 18.9 Å². The van der Waals surface area contributed by atoms with Crippen LogP contribution in [0.3, 0.4) is 0 Å². The number of Topliss-reactive ketones (excluding diaryl/α,β-unsaturated/α-hetero) is 2. The van der Waals surface area contributed by atoms with Crippen molar-refractivity contribution in [3.05, 3.63) is 11.6 Å². The Bertz CT molecular complexity index is 1130. The van der Waals surface area contributed by atoms with Crippen molar-refractivity contribution >= 4 is 17.5 Å². The molecular weight excluding hydrogens is 486 g/mol. The Hall–Kier alpha value is -1.96. The Morgan fingerprint density at radius 3 is 2.21 bits per heavy atom. The molecular formula is C34H51NO4. The van der Waals surface area contributed by atoms with Gasteiger partial charge >= 0.3 is 5.97 Å². The molecule has 216 valence electrons. The summed E-state index contributed by atoms with van der Waals surface area (Å²) < 4.78 is 5.71. The van der Waals surface area contributed by atoms with Gasteiger partial charge in [-0.15, -0.1) is 0 Å². The van der Waals surface area contributed by atoms with E-state index in [2.05, 4.69) is 40.7 Å². The minimum absolute atomic E-state index is 0.00878. The van der Waals surface area contributed by atoms with Gasteiger partial charge in [0.1, 0.15) is 11.9 Å². The van der Waals surface area contributed by atoms with Gasteiger partial charge in [-0.1, -0.05) is 54.5 Å². The number of carbonyl (C=O) groups excluding carboxylic acids is 3. The van der Waals surface area contributed by atoms with Gasteiger partial charge < -0.3 is 9.53 Å². The maximum absolute atomic E-state index is 13.3. The van der Waals surface area contributed by atoms with Crippen molar-refractivity contribution in [3.63, 3.8) is 0 Å². The van der Waals surface area contributed by atoms with Gasteiger partial charge in [-0.05, 0) is 97.7 Å². The molecule has 39 heavy (non-hydrogen) atoms. The number of hydrogen-bond acceptors (Lipinski definition) is 5. The van der Waals surface area contributed by atoms with E-state index in [1.165, 1.54) is 6.92 Å². The van der Waals surface area contributed by atoms with Crippen molar-refractivity contribution in [2.45, 2.75) is 120 Å². The van der Waals surface area contributed by atoms with E-state index in [1.807, 2.05) is 19.9 Å². The van der Waals surface area contributed by atoms with E-state index >= 15 is 0 Å². The molecule has 5 nitrogen and oxygen atoms in total. The molecule has 0 radical (unpaired) electrons. The second kappa shape index (κ2) is 9.56. The van der Waals surface area contributed by atoms with Crippen molar-refractivity contribution in [1.29, 1.82) is 5.26 Å². The molecule has 0 saturated heterocycles. The van der Waals surface area contributed by atoms with Gasteiger partial charge in [-0.25, -0.2) is 0 Å². The highest BCUT2D eigenvalue weighted by atomic mass is 16.5. The Labute approximate surface area is 236 Å². The van der Waals surface area contributed by atoms with Gasteiger partial charge in [0.2, 0.25) is 0 Å². The molecule has 0 bridgehead atoms. The average molecular weight is 538 g/mol. The summed E-state index contributed by atoms with van der Waals surface area (Å²) in [5, 5.41) is 9.95. The zero-order valence-electron chi connectivity index (χ0n) is 26.0. The summed E-state index contributed by atoms with van der Waals surface area (Å²) in [5.74, 6) is 0.513. The van der Waals surface area contributed by atoms with E-state index in [-0.39, 0.29) is 56.6 Å². The highest BCUT2D eigenvalue weighted by Gasteiger charge is 2.66. The third-order valence-electron chi connectivity index (χ3n) is 12.8. The number of nitriles is 1. The molecule has 0 N–H and O–H groups in total. The summed E-state index contributed by atoms with van der Waals surface area (Å²) in [7, 11) is 0. The fourth-order valence-electron chi connectivity index (χ4n) is 10.2. The number of carbonyl (C=O) groups is 3. The van der Waals surface area contributed by atoms with Crippen molar-refractivity contribution < 1.29 is 19.1 Å². The standard InChI is InChI=1S/C34H51NO4/c1-22(36)16-27-32(8)17-24(20-35)28(38)30(5,6)26(32)10-11-33(27,9)31(7)13-15-34(21-39-23(2)37)14-12-29(3,4)18-25(34)19-31/h17,25-27H,10-16,18-19,21H2,1-9H3/t25?,26?,27?,31-,32+,33-,34-/m1/s1. The second-order valence-corrected chi connectivity index (χ2v) is 16.0. The van der Waals surface area contributed by atoms with E-state index in [4.69, 9.17) is 4.74 Å². The van der Waals surface area contributed by atoms with Crippen molar-refractivity contribution in [3.8, 4) is 6.07 Å². The van der Waals surface area contributed by atoms with Crippen molar-refractivity contribution in [2.24, 2.45) is 50.2 Å². The lowest BCUT2D eigenvalue weighted by Gasteiger charge is -2.67. The molecule has 3 saturated carbocycles. The van der Waals surface area contributed by atoms with Gasteiger partial charge in [-0.3, -0.25) is 9.59 Å². The lowest BCUT2D eigenvalue weighted by molar-refractivity contribution is -0.185. The molecule has 0 amide bonds. The first-order valence-corrected chi connectivity index (χ1v) is 15.2. The first kappa shape index (κ1) is 30.0. The smallest absolute Gasteiger partial charge is 0.302 e. The van der Waals surface area contributed by atoms with Crippen LogP contribution < -0.4 is 0 Å². The van der Waals surface area contributed by atoms with Crippen LogP contribution in [0.2, 0.25) is 0 Å². The number of allylic oxidation sites excluding steroid dienone is 2. The van der Waals surface area contributed by atoms with Crippen molar-refractivity contribution in [2.75, 3.05) is 6.61 Å². The van der Waals surface area contributed by atoms with Crippen LogP contribution in [0.5, 0.6) is 0 Å². The van der Waals surface area contributed by atoms with E-state index < -0.39 is 10.8 Å². The Balaban J connectivity index is 1.79. The molecule has 4 aliphatic rings. The number of hydrogen-bond donors (Lipinski definition) is 0. The second-order valence-electron chi connectivity index (χ2n) is 16.0. The molecule has 0 spiro atoms. The lowest BCUT2D eigenvalue weighted by Crippen LogP contribution is -2.62. The largest absolute Gasteiger partial charge is 0.465 e. The summed E-state index contributed by atoms with van der Waals surface area (Å²) in [6.45, 7) is 19.6. The van der Waals surface area contributed by atoms with Crippen LogP contribution in [0.1, 0.15) is 120 Å². The molecule has 3 fully saturated rings. The van der Waals surface area contributed by atoms with E-state index in [9.17, 15) is 19.6 Å². The minimum atomic E-state index is -0.634. The zero-order chi connectivity index (χ0) is 29.2. The molecule has 0 heterocycles.